The maximum atomic E-state index is 13.1. The molecule has 2 amide bonds. The molecule has 0 fully saturated rings. The molecule has 9 nitrogen and oxygen atoms in total. The summed E-state index contributed by atoms with van der Waals surface area (Å²) in [6.45, 7) is 5.34. The summed E-state index contributed by atoms with van der Waals surface area (Å²) in [5.74, 6) is 1.81. The van der Waals surface area contributed by atoms with Gasteiger partial charge in [-0.15, -0.1) is 11.3 Å². The third-order valence-electron chi connectivity index (χ3n) is 6.50. The van der Waals surface area contributed by atoms with Crippen molar-refractivity contribution in [2.24, 2.45) is 0 Å². The summed E-state index contributed by atoms with van der Waals surface area (Å²) in [5.41, 5.74) is 4.54. The predicted octanol–water partition coefficient (Wildman–Crippen LogP) is 4.20. The van der Waals surface area contributed by atoms with Crippen LogP contribution in [0.1, 0.15) is 22.9 Å². The van der Waals surface area contributed by atoms with E-state index in [1.165, 1.54) is 11.3 Å². The molecule has 0 aliphatic carbocycles. The first-order valence-electron chi connectivity index (χ1n) is 12.0. The van der Waals surface area contributed by atoms with Gasteiger partial charge < -0.3 is 29.2 Å². The normalized spacial score (nSPS) is 15.8. The Morgan fingerprint density at radius 3 is 2.73 bits per heavy atom. The van der Waals surface area contributed by atoms with Gasteiger partial charge in [0, 0.05) is 22.7 Å². The van der Waals surface area contributed by atoms with Crippen molar-refractivity contribution in [3.05, 3.63) is 63.9 Å². The van der Waals surface area contributed by atoms with Crippen LogP contribution in [0, 0.1) is 6.92 Å². The van der Waals surface area contributed by atoms with Crippen molar-refractivity contribution in [3.8, 4) is 22.8 Å². The molecule has 10 heteroatoms. The van der Waals surface area contributed by atoms with Crippen LogP contribution in [0.2, 0.25) is 0 Å². The van der Waals surface area contributed by atoms with E-state index in [0.29, 0.717) is 42.1 Å². The van der Waals surface area contributed by atoms with E-state index >= 15 is 0 Å². The van der Waals surface area contributed by atoms with E-state index in [-0.39, 0.29) is 30.8 Å². The van der Waals surface area contributed by atoms with Gasteiger partial charge in [0.15, 0.2) is 16.6 Å². The second-order valence-corrected chi connectivity index (χ2v) is 10.2. The molecule has 0 bridgehead atoms. The predicted molar refractivity (Wildman–Crippen MR) is 138 cm³/mol. The monoisotopic (exact) mass is 519 g/mol. The lowest BCUT2D eigenvalue weighted by molar-refractivity contribution is -0.120. The van der Waals surface area contributed by atoms with Crippen LogP contribution in [-0.2, 0) is 31.9 Å². The van der Waals surface area contributed by atoms with Crippen molar-refractivity contribution in [2.75, 3.05) is 36.8 Å². The molecule has 0 saturated carbocycles. The molecule has 3 aliphatic heterocycles. The van der Waals surface area contributed by atoms with E-state index in [1.807, 2.05) is 37.3 Å². The summed E-state index contributed by atoms with van der Waals surface area (Å²) in [5, 5.41) is 3.47. The average molecular weight is 520 g/mol. The molecule has 4 heterocycles. The zero-order chi connectivity index (χ0) is 25.5. The Labute approximate surface area is 217 Å². The molecule has 0 unspecified atom stereocenters. The summed E-state index contributed by atoms with van der Waals surface area (Å²) < 4.78 is 21.8. The number of fused-ring (bicyclic) bond motifs is 2. The van der Waals surface area contributed by atoms with Crippen LogP contribution in [0.3, 0.4) is 0 Å². The average Bonchev–Trinajstić information content (AvgIpc) is 3.61. The van der Waals surface area contributed by atoms with E-state index in [2.05, 4.69) is 11.4 Å². The number of hydrogen-bond acceptors (Lipinski definition) is 8. The van der Waals surface area contributed by atoms with Crippen molar-refractivity contribution in [2.45, 2.75) is 26.7 Å². The number of carbonyl (C=O) groups is 2. The minimum atomic E-state index is -0.180. The minimum Gasteiger partial charge on any atom is -0.491 e. The zero-order valence-electron chi connectivity index (χ0n) is 20.5. The Kier molecular flexibility index (Phi) is 5.96. The molecule has 190 valence electrons. The SMILES string of the molecule is CC1=C(C(=O)N2CCc3cc(-c4nc(NC(=O)Cc5ccc6c(c5)OCO6)sc4C)ccc32)OCCO1. The fourth-order valence-corrected chi connectivity index (χ4v) is 5.57. The Morgan fingerprint density at radius 1 is 1.03 bits per heavy atom. The largest absolute Gasteiger partial charge is 0.491 e. The topological polar surface area (TPSA) is 99.2 Å². The third kappa shape index (κ3) is 4.48. The van der Waals surface area contributed by atoms with Gasteiger partial charge in [-0.25, -0.2) is 4.98 Å². The Hall–Kier alpha value is -4.05. The van der Waals surface area contributed by atoms with Gasteiger partial charge in [-0.1, -0.05) is 12.1 Å². The standard InChI is InChI=1S/C27H25N3O6S/c1-15-25(34-10-9-33-15)26(32)30-8-7-18-13-19(4-5-20(18)30)24-16(2)37-27(29-24)28-23(31)12-17-3-6-21-22(11-17)36-14-35-21/h3-6,11,13H,7-10,12,14H2,1-2H3,(H,28,29,31). The van der Waals surface area contributed by atoms with Gasteiger partial charge in [-0.3, -0.25) is 9.59 Å². The number of carbonyl (C=O) groups excluding carboxylic acids is 2. The lowest BCUT2D eigenvalue weighted by Gasteiger charge is -2.24. The van der Waals surface area contributed by atoms with Crippen LogP contribution >= 0.6 is 11.3 Å². The van der Waals surface area contributed by atoms with Crippen LogP contribution in [0.25, 0.3) is 11.3 Å². The number of benzene rings is 2. The second-order valence-electron chi connectivity index (χ2n) is 8.97. The highest BCUT2D eigenvalue weighted by Crippen LogP contribution is 2.37. The van der Waals surface area contributed by atoms with Crippen molar-refractivity contribution in [3.63, 3.8) is 0 Å². The van der Waals surface area contributed by atoms with E-state index in [0.717, 1.165) is 39.4 Å². The number of nitrogens with one attached hydrogen (secondary N) is 1. The highest BCUT2D eigenvalue weighted by Gasteiger charge is 2.31. The van der Waals surface area contributed by atoms with Crippen molar-refractivity contribution in [1.82, 2.24) is 4.98 Å². The Bertz CT molecular complexity index is 1450. The number of aryl methyl sites for hydroxylation is 1. The first-order valence-corrected chi connectivity index (χ1v) is 12.9. The van der Waals surface area contributed by atoms with Gasteiger partial charge in [0.2, 0.25) is 18.5 Å². The van der Waals surface area contributed by atoms with Gasteiger partial charge in [0.05, 0.1) is 12.1 Å². The number of aromatic nitrogens is 1. The number of amides is 2. The molecular formula is C27H25N3O6S. The van der Waals surface area contributed by atoms with E-state index in [4.69, 9.17) is 23.9 Å². The molecular weight excluding hydrogens is 494 g/mol. The second kappa shape index (κ2) is 9.44. The van der Waals surface area contributed by atoms with Crippen molar-refractivity contribution >= 4 is 34.0 Å². The first kappa shape index (κ1) is 23.4. The number of allylic oxidation sites excluding steroid dienone is 1. The van der Waals surface area contributed by atoms with Gasteiger partial charge >= 0.3 is 0 Å². The summed E-state index contributed by atoms with van der Waals surface area (Å²) in [7, 11) is 0. The molecule has 0 radical (unpaired) electrons. The summed E-state index contributed by atoms with van der Waals surface area (Å²) >= 11 is 1.44. The van der Waals surface area contributed by atoms with Crippen LogP contribution < -0.4 is 19.7 Å². The molecule has 37 heavy (non-hydrogen) atoms. The summed E-state index contributed by atoms with van der Waals surface area (Å²) in [4.78, 5) is 33.2. The number of anilines is 2. The maximum absolute atomic E-state index is 13.1. The summed E-state index contributed by atoms with van der Waals surface area (Å²) in [6, 6.07) is 11.5. The van der Waals surface area contributed by atoms with Crippen LogP contribution in [0.4, 0.5) is 10.8 Å². The molecule has 2 aromatic carbocycles. The van der Waals surface area contributed by atoms with Crippen molar-refractivity contribution < 1.29 is 28.5 Å². The quantitative estimate of drug-likeness (QED) is 0.540. The van der Waals surface area contributed by atoms with E-state index in [1.54, 1.807) is 11.8 Å². The van der Waals surface area contributed by atoms with Crippen molar-refractivity contribution in [1.29, 1.82) is 0 Å². The molecule has 6 rings (SSSR count). The molecule has 3 aromatic rings. The van der Waals surface area contributed by atoms with Gasteiger partial charge in [-0.2, -0.15) is 0 Å². The fourth-order valence-electron chi connectivity index (χ4n) is 4.72. The zero-order valence-corrected chi connectivity index (χ0v) is 21.3. The van der Waals surface area contributed by atoms with Crippen LogP contribution in [0.5, 0.6) is 11.5 Å². The summed E-state index contributed by atoms with van der Waals surface area (Å²) in [6.07, 6.45) is 0.947. The molecule has 1 aromatic heterocycles. The molecule has 0 spiro atoms. The third-order valence-corrected chi connectivity index (χ3v) is 7.39. The Balaban J connectivity index is 1.16. The van der Waals surface area contributed by atoms with Crippen LogP contribution in [-0.4, -0.2) is 43.3 Å². The molecule has 1 N–H and O–H groups in total. The highest BCUT2D eigenvalue weighted by molar-refractivity contribution is 7.16. The molecule has 0 atom stereocenters. The number of rotatable bonds is 5. The number of hydrogen-bond donors (Lipinski definition) is 1. The lowest BCUT2D eigenvalue weighted by Crippen LogP contribution is -2.33. The minimum absolute atomic E-state index is 0.152. The van der Waals surface area contributed by atoms with E-state index < -0.39 is 0 Å². The number of thiazole rings is 1. The highest BCUT2D eigenvalue weighted by atomic mass is 32.1. The van der Waals surface area contributed by atoms with Gasteiger partial charge in [-0.05, 0) is 55.7 Å². The number of nitrogens with zero attached hydrogens (tertiary/aromatic N) is 2. The molecule has 0 saturated heterocycles. The Morgan fingerprint density at radius 2 is 1.86 bits per heavy atom. The van der Waals surface area contributed by atoms with Gasteiger partial charge in [0.25, 0.3) is 5.91 Å². The van der Waals surface area contributed by atoms with Gasteiger partial charge in [0.1, 0.15) is 19.0 Å². The lowest BCUT2D eigenvalue weighted by atomic mass is 10.1. The molecule has 3 aliphatic rings. The first-order chi connectivity index (χ1) is 18.0. The smallest absolute Gasteiger partial charge is 0.296 e. The van der Waals surface area contributed by atoms with Crippen LogP contribution in [0.15, 0.2) is 47.9 Å². The number of ether oxygens (including phenoxy) is 4. The van der Waals surface area contributed by atoms with E-state index in [9.17, 15) is 9.59 Å². The maximum Gasteiger partial charge on any atom is 0.296 e. The fraction of sp³-hybridized carbons (Fsp3) is 0.296.